The van der Waals surface area contributed by atoms with E-state index in [0.29, 0.717) is 37.9 Å². The van der Waals surface area contributed by atoms with Crippen LogP contribution in [0.1, 0.15) is 45.3 Å². The Morgan fingerprint density at radius 2 is 1.79 bits per heavy atom. The number of nitrogens with zero attached hydrogens (tertiary/aromatic N) is 2. The van der Waals surface area contributed by atoms with Crippen LogP contribution in [-0.4, -0.2) is 29.9 Å². The maximum atomic E-state index is 14.2. The molecule has 5 aromatic rings. The Hall–Kier alpha value is -5.15. The van der Waals surface area contributed by atoms with Gasteiger partial charge in [-0.05, 0) is 60.4 Å². The zero-order valence-corrected chi connectivity index (χ0v) is 24.2. The van der Waals surface area contributed by atoms with Crippen molar-refractivity contribution in [2.75, 3.05) is 14.2 Å². The molecule has 1 aliphatic heterocycles. The Kier molecular flexibility index (Phi) is 6.59. The van der Waals surface area contributed by atoms with Gasteiger partial charge in [-0.15, -0.1) is 0 Å². The smallest absolute Gasteiger partial charge is 0.336 e. The fraction of sp³-hybridized carbons (Fsp3) is 0.147. The third-order valence-corrected chi connectivity index (χ3v) is 8.91. The van der Waals surface area contributed by atoms with E-state index >= 15 is 0 Å². The van der Waals surface area contributed by atoms with E-state index < -0.39 is 12.0 Å². The maximum Gasteiger partial charge on any atom is 0.336 e. The Balaban J connectivity index is 1.42. The number of furan rings is 1. The number of carboxylic acids is 1. The number of rotatable bonds is 6. The number of carbonyl (C=O) groups is 1. The summed E-state index contributed by atoms with van der Waals surface area (Å²) in [4.78, 5) is 31.5. The van der Waals surface area contributed by atoms with Crippen LogP contribution >= 0.6 is 11.3 Å². The van der Waals surface area contributed by atoms with Crippen LogP contribution in [0.4, 0.5) is 0 Å². The highest BCUT2D eigenvalue weighted by atomic mass is 32.1. The zero-order valence-electron chi connectivity index (χ0n) is 23.4. The monoisotopic (exact) mass is 590 g/mol. The van der Waals surface area contributed by atoms with Crippen LogP contribution in [0.3, 0.4) is 0 Å². The first-order valence-corrected chi connectivity index (χ1v) is 14.6. The summed E-state index contributed by atoms with van der Waals surface area (Å²) < 4.78 is 19.6. The second-order valence-corrected chi connectivity index (χ2v) is 11.3. The molecule has 1 atom stereocenters. The van der Waals surface area contributed by atoms with Crippen molar-refractivity contribution >= 4 is 29.1 Å². The molecular weight excluding hydrogens is 564 g/mol. The van der Waals surface area contributed by atoms with Gasteiger partial charge in [0.1, 0.15) is 23.0 Å². The first-order chi connectivity index (χ1) is 21.0. The minimum atomic E-state index is -1.04. The van der Waals surface area contributed by atoms with Crippen molar-refractivity contribution in [3.8, 4) is 22.8 Å². The third kappa shape index (κ3) is 4.49. The molecule has 0 fully saturated rings. The molecule has 1 N–H and O–H groups in total. The largest absolute Gasteiger partial charge is 0.497 e. The lowest BCUT2D eigenvalue weighted by molar-refractivity contribution is 0.0697. The van der Waals surface area contributed by atoms with Crippen LogP contribution in [0.15, 0.2) is 98.6 Å². The van der Waals surface area contributed by atoms with Crippen LogP contribution in [0.5, 0.6) is 11.5 Å². The molecule has 8 nitrogen and oxygen atoms in total. The van der Waals surface area contributed by atoms with E-state index in [1.807, 2.05) is 30.3 Å². The van der Waals surface area contributed by atoms with Gasteiger partial charge in [0, 0.05) is 22.8 Å². The summed E-state index contributed by atoms with van der Waals surface area (Å²) in [5.74, 6) is 1.12. The number of allylic oxidation sites excluding steroid dienone is 1. The van der Waals surface area contributed by atoms with E-state index in [4.69, 9.17) is 18.9 Å². The lowest BCUT2D eigenvalue weighted by atomic mass is 9.83. The number of thiazole rings is 1. The van der Waals surface area contributed by atoms with Gasteiger partial charge >= 0.3 is 5.97 Å². The van der Waals surface area contributed by atoms with Crippen LogP contribution in [0.2, 0.25) is 0 Å². The van der Waals surface area contributed by atoms with Gasteiger partial charge in [0.2, 0.25) is 0 Å². The Labute approximate surface area is 250 Å². The van der Waals surface area contributed by atoms with E-state index in [1.54, 1.807) is 55.2 Å². The number of ether oxygens (including phenoxy) is 2. The fourth-order valence-corrected chi connectivity index (χ4v) is 6.92. The summed E-state index contributed by atoms with van der Waals surface area (Å²) in [6, 6.07) is 23.6. The van der Waals surface area contributed by atoms with Gasteiger partial charge in [-0.25, -0.2) is 9.79 Å². The summed E-state index contributed by atoms with van der Waals surface area (Å²) in [6.45, 7) is 0. The van der Waals surface area contributed by atoms with Crippen molar-refractivity contribution in [1.29, 1.82) is 0 Å². The lowest BCUT2D eigenvalue weighted by Crippen LogP contribution is -2.39. The van der Waals surface area contributed by atoms with E-state index in [-0.39, 0.29) is 11.1 Å². The van der Waals surface area contributed by atoms with Crippen LogP contribution in [0.25, 0.3) is 23.1 Å². The molecule has 0 radical (unpaired) electrons. The number of aromatic carboxylic acids is 1. The number of aryl methyl sites for hydroxylation is 1. The minimum Gasteiger partial charge on any atom is -0.497 e. The highest BCUT2D eigenvalue weighted by molar-refractivity contribution is 7.07. The second-order valence-electron chi connectivity index (χ2n) is 10.3. The molecule has 2 aliphatic rings. The molecule has 7 rings (SSSR count). The molecule has 1 unspecified atom stereocenters. The Bertz CT molecular complexity index is 2130. The third-order valence-electron chi connectivity index (χ3n) is 7.93. The van der Waals surface area contributed by atoms with Crippen molar-refractivity contribution in [2.45, 2.75) is 18.9 Å². The summed E-state index contributed by atoms with van der Waals surface area (Å²) in [7, 11) is 3.24. The van der Waals surface area contributed by atoms with E-state index in [1.165, 1.54) is 23.0 Å². The first kappa shape index (κ1) is 26.7. The molecular formula is C34H26N2O6S. The van der Waals surface area contributed by atoms with Crippen molar-refractivity contribution in [1.82, 2.24) is 4.57 Å². The van der Waals surface area contributed by atoms with Crippen molar-refractivity contribution in [2.24, 2.45) is 4.99 Å². The van der Waals surface area contributed by atoms with Gasteiger partial charge in [-0.1, -0.05) is 53.8 Å². The molecule has 43 heavy (non-hydrogen) atoms. The Morgan fingerprint density at radius 3 is 2.58 bits per heavy atom. The Morgan fingerprint density at radius 1 is 1.00 bits per heavy atom. The SMILES string of the molecule is COc1ccc(OC)c(C2C3=C(N=c4s/c(=C\c5ccc(-c6ccccc6C(=O)O)o5)c(=O)n42)c2ccccc2CC3)c1. The number of fused-ring (bicyclic) bond motifs is 3. The van der Waals surface area contributed by atoms with Gasteiger partial charge in [0.25, 0.3) is 5.56 Å². The molecule has 0 amide bonds. The number of methoxy groups -OCH3 is 2. The summed E-state index contributed by atoms with van der Waals surface area (Å²) in [5.41, 5.74) is 5.46. The van der Waals surface area contributed by atoms with Crippen molar-refractivity contribution in [3.05, 3.63) is 132 Å². The molecule has 0 spiro atoms. The molecule has 1 aliphatic carbocycles. The van der Waals surface area contributed by atoms with Gasteiger partial charge in [-0.3, -0.25) is 9.36 Å². The van der Waals surface area contributed by atoms with Crippen molar-refractivity contribution < 1.29 is 23.8 Å². The normalized spacial score (nSPS) is 15.8. The average molecular weight is 591 g/mol. The van der Waals surface area contributed by atoms with Gasteiger partial charge < -0.3 is 19.0 Å². The lowest BCUT2D eigenvalue weighted by Gasteiger charge is -2.31. The van der Waals surface area contributed by atoms with E-state index in [9.17, 15) is 14.7 Å². The fourth-order valence-electron chi connectivity index (χ4n) is 5.94. The molecule has 2 aromatic heterocycles. The van der Waals surface area contributed by atoms with E-state index in [0.717, 1.165) is 35.2 Å². The minimum absolute atomic E-state index is 0.140. The quantitative estimate of drug-likeness (QED) is 0.288. The molecule has 0 saturated heterocycles. The molecule has 0 bridgehead atoms. The average Bonchev–Trinajstić information content (AvgIpc) is 3.63. The van der Waals surface area contributed by atoms with Gasteiger partial charge in [0.15, 0.2) is 4.80 Å². The zero-order chi connectivity index (χ0) is 29.7. The van der Waals surface area contributed by atoms with Gasteiger partial charge in [0.05, 0.1) is 36.1 Å². The molecule has 9 heteroatoms. The van der Waals surface area contributed by atoms with Gasteiger partial charge in [-0.2, -0.15) is 0 Å². The maximum absolute atomic E-state index is 14.2. The predicted octanol–water partition coefficient (Wildman–Crippen LogP) is 5.29. The molecule has 3 heterocycles. The standard InChI is InChI=1S/C34H26N2O6S/c1-40-20-12-15-27(41-2)26(17-20)31-25-14-11-19-7-3-4-8-22(19)30(25)35-34-36(31)32(37)29(43-34)18-21-13-16-28(42-21)23-9-5-6-10-24(23)33(38)39/h3-10,12-13,15-18,31H,11,14H2,1-2H3,(H,38,39)/b29-18-. The topological polar surface area (TPSA) is 103 Å². The van der Waals surface area contributed by atoms with E-state index in [2.05, 4.69) is 12.1 Å². The van der Waals surface area contributed by atoms with Crippen LogP contribution in [-0.2, 0) is 6.42 Å². The van der Waals surface area contributed by atoms with Crippen LogP contribution < -0.4 is 24.4 Å². The highest BCUT2D eigenvalue weighted by Crippen LogP contribution is 2.44. The van der Waals surface area contributed by atoms with Crippen LogP contribution in [0, 0.1) is 0 Å². The summed E-state index contributed by atoms with van der Waals surface area (Å²) in [5, 5.41) is 9.61. The number of hydrogen-bond donors (Lipinski definition) is 1. The predicted molar refractivity (Wildman–Crippen MR) is 163 cm³/mol. The number of aromatic nitrogens is 1. The molecule has 214 valence electrons. The second kappa shape index (κ2) is 10.6. The van der Waals surface area contributed by atoms with Crippen molar-refractivity contribution in [3.63, 3.8) is 0 Å². The summed E-state index contributed by atoms with van der Waals surface area (Å²) >= 11 is 1.29. The number of benzene rings is 3. The first-order valence-electron chi connectivity index (χ1n) is 13.7. The highest BCUT2D eigenvalue weighted by Gasteiger charge is 2.34. The number of carboxylic acid groups (broad SMARTS) is 1. The molecule has 0 saturated carbocycles. The molecule has 3 aromatic carbocycles. The number of hydrogen-bond acceptors (Lipinski definition) is 7. The summed E-state index contributed by atoms with van der Waals surface area (Å²) in [6.07, 6.45) is 3.27.